The number of hydrogen-bond donors (Lipinski definition) is 2. The van der Waals surface area contributed by atoms with Crippen LogP contribution in [-0.2, 0) is 4.79 Å². The average molecular weight is 253 g/mol. The van der Waals surface area contributed by atoms with Crippen LogP contribution >= 0.6 is 0 Å². The number of piperidine rings is 1. The third-order valence-corrected chi connectivity index (χ3v) is 3.19. The molecule has 1 heterocycles. The zero-order chi connectivity index (χ0) is 13.1. The predicted octanol–water partition coefficient (Wildman–Crippen LogP) is 0.334. The summed E-state index contributed by atoms with van der Waals surface area (Å²) in [5.74, 6) is -0.274. The lowest BCUT2D eigenvalue weighted by Gasteiger charge is -2.37. The summed E-state index contributed by atoms with van der Waals surface area (Å²) in [6.45, 7) is 0.0903. The van der Waals surface area contributed by atoms with Crippen LogP contribution in [0, 0.1) is 5.92 Å². The molecule has 0 saturated carbocycles. The van der Waals surface area contributed by atoms with Crippen molar-refractivity contribution in [1.29, 1.82) is 0 Å². The van der Waals surface area contributed by atoms with Gasteiger partial charge in [-0.25, -0.2) is 0 Å². The maximum absolute atomic E-state index is 12.6. The molecule has 0 aliphatic carbocycles. The zero-order valence-corrected chi connectivity index (χ0v) is 9.76. The van der Waals surface area contributed by atoms with Crippen LogP contribution in [0.25, 0.3) is 0 Å². The molecule has 7 heteroatoms. The van der Waals surface area contributed by atoms with Crippen LogP contribution in [0.5, 0.6) is 0 Å². The van der Waals surface area contributed by atoms with E-state index in [-0.39, 0.29) is 24.9 Å². The average Bonchev–Trinajstić information content (AvgIpc) is 2.28. The van der Waals surface area contributed by atoms with Crippen molar-refractivity contribution in [2.75, 3.05) is 26.7 Å². The smallest absolute Gasteiger partial charge is 0.359 e. The summed E-state index contributed by atoms with van der Waals surface area (Å²) >= 11 is 0. The van der Waals surface area contributed by atoms with Crippen molar-refractivity contribution in [3.8, 4) is 0 Å². The molecule has 1 saturated heterocycles. The maximum atomic E-state index is 12.6. The standard InChI is InChI=1S/C10H18F3N3O/c1-15-9(17)7-2-4-16(5-3-7)8(6-14)10(11,12)13/h7-8H,2-6,14H2,1H3,(H,15,17)/t8-/m1/s1. The van der Waals surface area contributed by atoms with Gasteiger partial charge >= 0.3 is 6.18 Å². The Balaban J connectivity index is 2.53. The van der Waals surface area contributed by atoms with Crippen LogP contribution in [0.15, 0.2) is 0 Å². The Labute approximate surface area is 98.3 Å². The fourth-order valence-electron chi connectivity index (χ4n) is 2.17. The highest BCUT2D eigenvalue weighted by Gasteiger charge is 2.43. The second-order valence-corrected chi connectivity index (χ2v) is 4.22. The zero-order valence-electron chi connectivity index (χ0n) is 9.76. The van der Waals surface area contributed by atoms with Gasteiger partial charge in [0.1, 0.15) is 6.04 Å². The first-order chi connectivity index (χ1) is 7.90. The van der Waals surface area contributed by atoms with Crippen LogP contribution in [-0.4, -0.2) is 49.7 Å². The Bertz CT molecular complexity index is 262. The summed E-state index contributed by atoms with van der Waals surface area (Å²) in [4.78, 5) is 12.7. The summed E-state index contributed by atoms with van der Waals surface area (Å²) in [6, 6.07) is -1.59. The van der Waals surface area contributed by atoms with Crippen molar-refractivity contribution in [3.05, 3.63) is 0 Å². The first-order valence-electron chi connectivity index (χ1n) is 5.62. The van der Waals surface area contributed by atoms with Gasteiger partial charge in [-0.3, -0.25) is 9.69 Å². The highest BCUT2D eigenvalue weighted by molar-refractivity contribution is 5.78. The van der Waals surface area contributed by atoms with Crippen LogP contribution in [0.1, 0.15) is 12.8 Å². The lowest BCUT2D eigenvalue weighted by molar-refractivity contribution is -0.184. The van der Waals surface area contributed by atoms with Gasteiger partial charge in [0.15, 0.2) is 0 Å². The second-order valence-electron chi connectivity index (χ2n) is 4.22. The van der Waals surface area contributed by atoms with Crippen LogP contribution in [0.4, 0.5) is 13.2 Å². The number of nitrogens with two attached hydrogens (primary N) is 1. The lowest BCUT2D eigenvalue weighted by Crippen LogP contribution is -2.53. The molecule has 0 aromatic carbocycles. The van der Waals surface area contributed by atoms with Gasteiger partial charge in [-0.2, -0.15) is 13.2 Å². The topological polar surface area (TPSA) is 58.4 Å². The molecule has 1 aliphatic rings. The monoisotopic (exact) mass is 253 g/mol. The summed E-state index contributed by atoms with van der Waals surface area (Å²) in [5, 5.41) is 2.52. The van der Waals surface area contributed by atoms with Gasteiger partial charge in [0.05, 0.1) is 0 Å². The number of alkyl halides is 3. The highest BCUT2D eigenvalue weighted by atomic mass is 19.4. The number of carbonyl (C=O) groups is 1. The first kappa shape index (κ1) is 14.2. The number of carbonyl (C=O) groups excluding carboxylic acids is 1. The van der Waals surface area contributed by atoms with Crippen molar-refractivity contribution < 1.29 is 18.0 Å². The molecule has 1 amide bonds. The number of amides is 1. The van der Waals surface area contributed by atoms with E-state index in [9.17, 15) is 18.0 Å². The number of halogens is 3. The summed E-state index contributed by atoms with van der Waals surface area (Å²) in [6.07, 6.45) is -3.40. The minimum Gasteiger partial charge on any atom is -0.359 e. The van der Waals surface area contributed by atoms with Crippen molar-refractivity contribution in [3.63, 3.8) is 0 Å². The van der Waals surface area contributed by atoms with E-state index in [1.807, 2.05) is 0 Å². The molecule has 3 N–H and O–H groups in total. The molecule has 0 aromatic heterocycles. The molecule has 100 valence electrons. The molecule has 0 unspecified atom stereocenters. The van der Waals surface area contributed by atoms with E-state index in [4.69, 9.17) is 5.73 Å². The third-order valence-electron chi connectivity index (χ3n) is 3.19. The molecule has 1 fully saturated rings. The third kappa shape index (κ3) is 3.57. The van der Waals surface area contributed by atoms with E-state index >= 15 is 0 Å². The molecule has 0 bridgehead atoms. The van der Waals surface area contributed by atoms with Gasteiger partial charge in [-0.05, 0) is 25.9 Å². The van der Waals surface area contributed by atoms with Gasteiger partial charge in [0.2, 0.25) is 5.91 Å². The lowest BCUT2D eigenvalue weighted by atomic mass is 9.95. The number of hydrogen-bond acceptors (Lipinski definition) is 3. The molecule has 1 aliphatic heterocycles. The molecule has 4 nitrogen and oxygen atoms in total. The van der Waals surface area contributed by atoms with Crippen LogP contribution in [0.2, 0.25) is 0 Å². The van der Waals surface area contributed by atoms with Gasteiger partial charge in [0, 0.05) is 19.5 Å². The fourth-order valence-corrected chi connectivity index (χ4v) is 2.17. The van der Waals surface area contributed by atoms with Gasteiger partial charge < -0.3 is 11.1 Å². The van der Waals surface area contributed by atoms with Crippen LogP contribution < -0.4 is 11.1 Å². The molecular weight excluding hydrogens is 235 g/mol. The fraction of sp³-hybridized carbons (Fsp3) is 0.900. The SMILES string of the molecule is CNC(=O)C1CCN([C@H](CN)C(F)(F)F)CC1. The first-order valence-corrected chi connectivity index (χ1v) is 5.62. The molecule has 0 radical (unpaired) electrons. The van der Waals surface area contributed by atoms with E-state index in [1.54, 1.807) is 0 Å². The van der Waals surface area contributed by atoms with E-state index in [0.717, 1.165) is 0 Å². The van der Waals surface area contributed by atoms with Gasteiger partial charge in [0.25, 0.3) is 0 Å². The Hall–Kier alpha value is -0.820. The van der Waals surface area contributed by atoms with Crippen LogP contribution in [0.3, 0.4) is 0 Å². The molecule has 0 aromatic rings. The van der Waals surface area contributed by atoms with Crippen molar-refractivity contribution >= 4 is 5.91 Å². The number of nitrogens with zero attached hydrogens (tertiary/aromatic N) is 1. The van der Waals surface area contributed by atoms with Gasteiger partial charge in [-0.15, -0.1) is 0 Å². The van der Waals surface area contributed by atoms with Crippen molar-refractivity contribution in [2.24, 2.45) is 11.7 Å². The van der Waals surface area contributed by atoms with E-state index < -0.39 is 18.8 Å². The van der Waals surface area contributed by atoms with E-state index in [0.29, 0.717) is 12.8 Å². The molecule has 17 heavy (non-hydrogen) atoms. The summed E-state index contributed by atoms with van der Waals surface area (Å²) in [7, 11) is 1.53. The Kier molecular flexibility index (Phi) is 4.76. The molecular formula is C10H18F3N3O. The number of likely N-dealkylation sites (tertiary alicyclic amines) is 1. The Morgan fingerprint density at radius 1 is 1.47 bits per heavy atom. The summed E-state index contributed by atoms with van der Waals surface area (Å²) in [5.41, 5.74) is 5.17. The second kappa shape index (κ2) is 5.68. The number of rotatable bonds is 3. The van der Waals surface area contributed by atoms with Crippen molar-refractivity contribution in [2.45, 2.75) is 25.1 Å². The molecule has 0 spiro atoms. The van der Waals surface area contributed by atoms with E-state index in [2.05, 4.69) is 5.32 Å². The quantitative estimate of drug-likeness (QED) is 0.762. The highest BCUT2D eigenvalue weighted by Crippen LogP contribution is 2.28. The largest absolute Gasteiger partial charge is 0.405 e. The number of nitrogens with one attached hydrogen (secondary N) is 1. The Morgan fingerprint density at radius 3 is 2.35 bits per heavy atom. The maximum Gasteiger partial charge on any atom is 0.405 e. The van der Waals surface area contributed by atoms with Gasteiger partial charge in [-0.1, -0.05) is 0 Å². The normalized spacial score (nSPS) is 21.2. The van der Waals surface area contributed by atoms with Crippen molar-refractivity contribution in [1.82, 2.24) is 10.2 Å². The molecule has 1 rings (SSSR count). The molecule has 1 atom stereocenters. The predicted molar refractivity (Wildman–Crippen MR) is 57.3 cm³/mol. The Morgan fingerprint density at radius 2 is 2.00 bits per heavy atom. The summed E-state index contributed by atoms with van der Waals surface area (Å²) < 4.78 is 37.9. The minimum absolute atomic E-state index is 0.0963. The van der Waals surface area contributed by atoms with E-state index in [1.165, 1.54) is 11.9 Å². The minimum atomic E-state index is -4.30.